The average molecular weight is 369 g/mol. The van der Waals surface area contributed by atoms with Crippen LogP contribution in [0.5, 0.6) is 0 Å². The number of carbonyl (C=O) groups excluding carboxylic acids is 1. The second-order valence-corrected chi connectivity index (χ2v) is 8.00. The molecule has 0 saturated heterocycles. The molecule has 2 rings (SSSR count). The Bertz CT molecular complexity index is 690. The number of anilines is 1. The number of amides is 1. The van der Waals surface area contributed by atoms with Crippen molar-refractivity contribution in [3.63, 3.8) is 0 Å². The van der Waals surface area contributed by atoms with Crippen molar-refractivity contribution < 1.29 is 9.18 Å². The Morgan fingerprint density at radius 3 is 2.88 bits per heavy atom. The van der Waals surface area contributed by atoms with E-state index in [1.54, 1.807) is 13.0 Å². The van der Waals surface area contributed by atoms with Crippen LogP contribution in [-0.2, 0) is 11.3 Å². The fourth-order valence-corrected chi connectivity index (χ4v) is 3.34. The van der Waals surface area contributed by atoms with Gasteiger partial charge in [-0.3, -0.25) is 4.79 Å². The van der Waals surface area contributed by atoms with Gasteiger partial charge in [0.1, 0.15) is 5.82 Å². The van der Waals surface area contributed by atoms with Gasteiger partial charge in [-0.15, -0.1) is 10.2 Å². The van der Waals surface area contributed by atoms with Crippen LogP contribution in [0.15, 0.2) is 22.5 Å². The van der Waals surface area contributed by atoms with E-state index in [-0.39, 0.29) is 17.5 Å². The number of aryl methyl sites for hydroxylation is 1. The minimum Gasteiger partial charge on any atom is -0.360 e. The van der Waals surface area contributed by atoms with Crippen LogP contribution in [0.2, 0.25) is 0 Å². The molecule has 0 unspecified atom stereocenters. The van der Waals surface area contributed by atoms with E-state index in [1.165, 1.54) is 29.2 Å². The number of rotatable bonds is 8. The lowest BCUT2D eigenvalue weighted by Gasteiger charge is -2.05. The zero-order valence-electron chi connectivity index (χ0n) is 13.9. The van der Waals surface area contributed by atoms with Crippen molar-refractivity contribution in [3.05, 3.63) is 35.1 Å². The molecule has 5 nitrogen and oxygen atoms in total. The molecule has 0 bridgehead atoms. The Morgan fingerprint density at radius 1 is 1.38 bits per heavy atom. The molecule has 2 N–H and O–H groups in total. The minimum atomic E-state index is -0.258. The predicted molar refractivity (Wildman–Crippen MR) is 96.9 cm³/mol. The van der Waals surface area contributed by atoms with E-state index < -0.39 is 0 Å². The van der Waals surface area contributed by atoms with Crippen molar-refractivity contribution in [2.24, 2.45) is 5.92 Å². The highest BCUT2D eigenvalue weighted by molar-refractivity contribution is 8.01. The van der Waals surface area contributed by atoms with Crippen LogP contribution in [0.25, 0.3) is 0 Å². The molecule has 0 spiro atoms. The van der Waals surface area contributed by atoms with Gasteiger partial charge >= 0.3 is 0 Å². The van der Waals surface area contributed by atoms with Gasteiger partial charge in [0.2, 0.25) is 11.0 Å². The monoisotopic (exact) mass is 368 g/mol. The van der Waals surface area contributed by atoms with Crippen molar-refractivity contribution in [3.8, 4) is 0 Å². The second kappa shape index (κ2) is 8.98. The van der Waals surface area contributed by atoms with Gasteiger partial charge in [-0.25, -0.2) is 4.39 Å². The average Bonchev–Trinajstić information content (AvgIpc) is 3.00. The summed E-state index contributed by atoms with van der Waals surface area (Å²) in [4.78, 5) is 11.9. The standard InChI is InChI=1S/C16H21FN4OS2/c1-10(2)7-19-15-20-21-16(24-15)23-9-14(22)18-8-12-5-4-11(3)13(17)6-12/h4-6,10H,7-9H2,1-3H3,(H,18,22)(H,19,20). The molecule has 1 heterocycles. The summed E-state index contributed by atoms with van der Waals surface area (Å²) in [5.74, 6) is 0.411. The van der Waals surface area contributed by atoms with Crippen molar-refractivity contribution in [2.75, 3.05) is 17.6 Å². The fraction of sp³-hybridized carbons (Fsp3) is 0.438. The van der Waals surface area contributed by atoms with Crippen molar-refractivity contribution in [1.29, 1.82) is 0 Å². The highest BCUT2D eigenvalue weighted by Gasteiger charge is 2.09. The number of halogens is 1. The summed E-state index contributed by atoms with van der Waals surface area (Å²) in [7, 11) is 0. The van der Waals surface area contributed by atoms with Crippen molar-refractivity contribution in [1.82, 2.24) is 15.5 Å². The van der Waals surface area contributed by atoms with E-state index in [0.29, 0.717) is 18.0 Å². The molecule has 2 aromatic rings. The summed E-state index contributed by atoms with van der Waals surface area (Å²) >= 11 is 2.78. The molecule has 0 aliphatic rings. The molecule has 0 saturated carbocycles. The summed E-state index contributed by atoms with van der Waals surface area (Å²) in [6, 6.07) is 4.96. The van der Waals surface area contributed by atoms with Crippen molar-refractivity contribution >= 4 is 34.1 Å². The van der Waals surface area contributed by atoms with Gasteiger partial charge in [0.05, 0.1) is 5.75 Å². The summed E-state index contributed by atoms with van der Waals surface area (Å²) in [5, 5.41) is 14.8. The summed E-state index contributed by atoms with van der Waals surface area (Å²) in [5.41, 5.74) is 1.34. The molecule has 0 aliphatic carbocycles. The van der Waals surface area contributed by atoms with Gasteiger partial charge < -0.3 is 10.6 Å². The summed E-state index contributed by atoms with van der Waals surface area (Å²) in [6.45, 7) is 7.10. The number of nitrogens with one attached hydrogen (secondary N) is 2. The molecule has 0 atom stereocenters. The Hall–Kier alpha value is -1.67. The van der Waals surface area contributed by atoms with E-state index >= 15 is 0 Å². The first-order valence-corrected chi connectivity index (χ1v) is 9.46. The third-order valence-electron chi connectivity index (χ3n) is 3.12. The molecular weight excluding hydrogens is 347 g/mol. The number of hydrogen-bond donors (Lipinski definition) is 2. The van der Waals surface area contributed by atoms with E-state index in [9.17, 15) is 9.18 Å². The van der Waals surface area contributed by atoms with Gasteiger partial charge in [-0.05, 0) is 30.0 Å². The SMILES string of the molecule is Cc1ccc(CNC(=O)CSc2nnc(NCC(C)C)s2)cc1F. The number of benzene rings is 1. The number of hydrogen-bond acceptors (Lipinski definition) is 6. The highest BCUT2D eigenvalue weighted by atomic mass is 32.2. The second-order valence-electron chi connectivity index (χ2n) is 5.80. The molecule has 1 aromatic carbocycles. The molecule has 8 heteroatoms. The third kappa shape index (κ3) is 6.09. The fourth-order valence-electron chi connectivity index (χ4n) is 1.76. The molecule has 1 amide bonds. The summed E-state index contributed by atoms with van der Waals surface area (Å²) in [6.07, 6.45) is 0. The number of carbonyl (C=O) groups is 1. The lowest BCUT2D eigenvalue weighted by atomic mass is 10.1. The van der Waals surface area contributed by atoms with E-state index in [1.807, 2.05) is 6.07 Å². The maximum atomic E-state index is 13.5. The topological polar surface area (TPSA) is 66.9 Å². The van der Waals surface area contributed by atoms with Crippen LogP contribution in [0, 0.1) is 18.7 Å². The van der Waals surface area contributed by atoms with Gasteiger partial charge in [-0.2, -0.15) is 0 Å². The van der Waals surface area contributed by atoms with Crippen LogP contribution >= 0.6 is 23.1 Å². The van der Waals surface area contributed by atoms with Crippen LogP contribution < -0.4 is 10.6 Å². The smallest absolute Gasteiger partial charge is 0.230 e. The molecule has 0 radical (unpaired) electrons. The molecule has 0 aliphatic heterocycles. The first kappa shape index (κ1) is 18.7. The first-order valence-electron chi connectivity index (χ1n) is 7.66. The lowest BCUT2D eigenvalue weighted by molar-refractivity contribution is -0.118. The zero-order chi connectivity index (χ0) is 17.5. The van der Waals surface area contributed by atoms with Crippen LogP contribution in [0.1, 0.15) is 25.0 Å². The highest BCUT2D eigenvalue weighted by Crippen LogP contribution is 2.25. The van der Waals surface area contributed by atoms with Crippen LogP contribution in [-0.4, -0.2) is 28.4 Å². The van der Waals surface area contributed by atoms with E-state index in [2.05, 4.69) is 34.7 Å². The lowest BCUT2D eigenvalue weighted by Crippen LogP contribution is -2.24. The number of aromatic nitrogens is 2. The van der Waals surface area contributed by atoms with E-state index in [0.717, 1.165) is 21.6 Å². The molecule has 1 aromatic heterocycles. The van der Waals surface area contributed by atoms with Gasteiger partial charge in [0.15, 0.2) is 4.34 Å². The zero-order valence-corrected chi connectivity index (χ0v) is 15.6. The normalized spacial score (nSPS) is 10.9. The Labute approximate surface area is 149 Å². The molecular formula is C16H21FN4OS2. The van der Waals surface area contributed by atoms with Crippen molar-refractivity contribution in [2.45, 2.75) is 31.7 Å². The Balaban J connectivity index is 1.73. The largest absolute Gasteiger partial charge is 0.360 e. The predicted octanol–water partition coefficient (Wildman–Crippen LogP) is 3.46. The van der Waals surface area contributed by atoms with Crippen LogP contribution in [0.3, 0.4) is 0 Å². The number of nitrogens with zero attached hydrogens (tertiary/aromatic N) is 2. The molecule has 130 valence electrons. The maximum Gasteiger partial charge on any atom is 0.230 e. The number of thioether (sulfide) groups is 1. The maximum absolute atomic E-state index is 13.5. The molecule has 24 heavy (non-hydrogen) atoms. The van der Waals surface area contributed by atoms with Gasteiger partial charge in [0.25, 0.3) is 0 Å². The Kier molecular flexibility index (Phi) is 6.99. The first-order chi connectivity index (χ1) is 11.4. The van der Waals surface area contributed by atoms with Gasteiger partial charge in [0, 0.05) is 13.1 Å². The molecule has 0 fully saturated rings. The van der Waals surface area contributed by atoms with Crippen LogP contribution in [0.4, 0.5) is 9.52 Å². The summed E-state index contributed by atoms with van der Waals surface area (Å²) < 4.78 is 14.2. The third-order valence-corrected chi connectivity index (χ3v) is 5.13. The van der Waals surface area contributed by atoms with Gasteiger partial charge in [-0.1, -0.05) is 49.1 Å². The Morgan fingerprint density at radius 2 is 2.17 bits per heavy atom. The quantitative estimate of drug-likeness (QED) is 0.699. The minimum absolute atomic E-state index is 0.118. The van der Waals surface area contributed by atoms with E-state index in [4.69, 9.17) is 0 Å².